The molecule has 1 saturated heterocycles. The van der Waals surface area contributed by atoms with Gasteiger partial charge < -0.3 is 15.5 Å². The summed E-state index contributed by atoms with van der Waals surface area (Å²) in [4.78, 5) is 28.9. The summed E-state index contributed by atoms with van der Waals surface area (Å²) in [5.41, 5.74) is 4.87. The monoisotopic (exact) mass is 587 g/mol. The van der Waals surface area contributed by atoms with Gasteiger partial charge in [0.25, 0.3) is 5.91 Å². The third-order valence-corrected chi connectivity index (χ3v) is 9.53. The molecule has 222 valence electrons. The van der Waals surface area contributed by atoms with Crippen molar-refractivity contribution in [3.8, 4) is 11.1 Å². The zero-order valence-electron chi connectivity index (χ0n) is 24.5. The standard InChI is InChI=1S/C34H41N3O4S/c1-24-8-10-27(11-9-24)30-23-32(30)35-20-6-7-31(34(39)37-21-4-3-5-22-37)36-33(38)28-14-12-25(13-15-28)26-16-18-29(19-17-26)42(2,40)41/h8-19,30-32,35H,3-7,20-23H2,1-2H3,(H,36,38)/t30-,31-,32+/m0/s1. The first kappa shape index (κ1) is 30.0. The predicted octanol–water partition coefficient (Wildman–Crippen LogP) is 5.10. The highest BCUT2D eigenvalue weighted by molar-refractivity contribution is 7.90. The van der Waals surface area contributed by atoms with Gasteiger partial charge in [-0.25, -0.2) is 8.42 Å². The minimum absolute atomic E-state index is 0.00888. The maximum absolute atomic E-state index is 13.5. The molecule has 2 N–H and O–H groups in total. The van der Waals surface area contributed by atoms with Crippen LogP contribution in [-0.2, 0) is 14.6 Å². The van der Waals surface area contributed by atoms with Gasteiger partial charge in [0, 0.05) is 36.9 Å². The van der Waals surface area contributed by atoms with Crippen LogP contribution in [0.25, 0.3) is 11.1 Å². The number of sulfone groups is 1. The van der Waals surface area contributed by atoms with Crippen molar-refractivity contribution in [2.45, 2.75) is 68.3 Å². The second kappa shape index (κ2) is 13.2. The van der Waals surface area contributed by atoms with E-state index in [1.807, 2.05) is 17.0 Å². The molecule has 42 heavy (non-hydrogen) atoms. The van der Waals surface area contributed by atoms with E-state index in [-0.39, 0.29) is 16.7 Å². The van der Waals surface area contributed by atoms with Crippen LogP contribution in [0.15, 0.2) is 77.7 Å². The molecule has 0 unspecified atom stereocenters. The fourth-order valence-corrected chi connectivity index (χ4v) is 6.37. The fourth-order valence-electron chi connectivity index (χ4n) is 5.74. The molecule has 2 fully saturated rings. The molecular weight excluding hydrogens is 546 g/mol. The number of hydrogen-bond donors (Lipinski definition) is 2. The highest BCUT2D eigenvalue weighted by Gasteiger charge is 2.37. The molecule has 1 aliphatic heterocycles. The van der Waals surface area contributed by atoms with Crippen molar-refractivity contribution in [2.24, 2.45) is 0 Å². The molecule has 3 atom stereocenters. The van der Waals surface area contributed by atoms with Crippen LogP contribution in [0.4, 0.5) is 0 Å². The Morgan fingerprint density at radius 2 is 1.50 bits per heavy atom. The first-order valence-electron chi connectivity index (χ1n) is 15.0. The maximum Gasteiger partial charge on any atom is 0.251 e. The van der Waals surface area contributed by atoms with Gasteiger partial charge >= 0.3 is 0 Å². The maximum atomic E-state index is 13.5. The minimum atomic E-state index is -3.26. The molecule has 8 heteroatoms. The van der Waals surface area contributed by atoms with Crippen molar-refractivity contribution < 1.29 is 18.0 Å². The summed E-state index contributed by atoms with van der Waals surface area (Å²) in [5.74, 6) is 0.296. The highest BCUT2D eigenvalue weighted by atomic mass is 32.2. The first-order chi connectivity index (χ1) is 20.2. The number of piperidine rings is 1. The molecule has 1 aliphatic carbocycles. The van der Waals surface area contributed by atoms with Crippen LogP contribution in [0.3, 0.4) is 0 Å². The Morgan fingerprint density at radius 1 is 0.881 bits per heavy atom. The fraction of sp³-hybridized carbons (Fsp3) is 0.412. The topological polar surface area (TPSA) is 95.6 Å². The van der Waals surface area contributed by atoms with Crippen LogP contribution in [0.1, 0.15) is 65.9 Å². The zero-order valence-corrected chi connectivity index (χ0v) is 25.3. The van der Waals surface area contributed by atoms with Crippen LogP contribution in [-0.4, -0.2) is 63.1 Å². The van der Waals surface area contributed by atoms with Crippen molar-refractivity contribution in [2.75, 3.05) is 25.9 Å². The number of nitrogens with zero attached hydrogens (tertiary/aromatic N) is 1. The summed E-state index contributed by atoms with van der Waals surface area (Å²) < 4.78 is 23.5. The van der Waals surface area contributed by atoms with Gasteiger partial charge in [0.2, 0.25) is 5.91 Å². The number of nitrogens with one attached hydrogen (secondary N) is 2. The number of benzene rings is 3. The molecule has 1 saturated carbocycles. The van der Waals surface area contributed by atoms with Gasteiger partial charge in [0.15, 0.2) is 9.84 Å². The third-order valence-electron chi connectivity index (χ3n) is 8.41. The highest BCUT2D eigenvalue weighted by Crippen LogP contribution is 2.40. The van der Waals surface area contributed by atoms with Gasteiger partial charge in [-0.15, -0.1) is 0 Å². The molecule has 0 bridgehead atoms. The molecular formula is C34H41N3O4S. The number of rotatable bonds is 11. The number of carbonyl (C=O) groups is 2. The lowest BCUT2D eigenvalue weighted by Gasteiger charge is -2.31. The van der Waals surface area contributed by atoms with Crippen molar-refractivity contribution >= 4 is 21.7 Å². The summed E-state index contributed by atoms with van der Waals surface area (Å²) >= 11 is 0. The van der Waals surface area contributed by atoms with E-state index in [9.17, 15) is 18.0 Å². The lowest BCUT2D eigenvalue weighted by atomic mass is 10.0. The molecule has 3 aromatic carbocycles. The summed E-state index contributed by atoms with van der Waals surface area (Å²) in [6.07, 6.45) is 6.84. The Kier molecular flexibility index (Phi) is 9.43. The van der Waals surface area contributed by atoms with Crippen molar-refractivity contribution in [1.82, 2.24) is 15.5 Å². The average Bonchev–Trinajstić information content (AvgIpc) is 3.78. The lowest BCUT2D eigenvalue weighted by molar-refractivity contribution is -0.134. The van der Waals surface area contributed by atoms with Crippen molar-refractivity contribution in [3.05, 3.63) is 89.5 Å². The summed E-state index contributed by atoms with van der Waals surface area (Å²) in [6, 6.07) is 22.5. The van der Waals surface area contributed by atoms with E-state index in [0.717, 1.165) is 62.9 Å². The lowest BCUT2D eigenvalue weighted by Crippen LogP contribution is -2.50. The Bertz CT molecular complexity index is 1480. The summed E-state index contributed by atoms with van der Waals surface area (Å²) in [7, 11) is -3.26. The van der Waals surface area contributed by atoms with Crippen LogP contribution in [0.5, 0.6) is 0 Å². The quantitative estimate of drug-likeness (QED) is 0.304. The number of likely N-dealkylation sites (tertiary alicyclic amines) is 1. The normalized spacial score (nSPS) is 19.2. The molecule has 2 amide bonds. The van der Waals surface area contributed by atoms with E-state index in [1.54, 1.807) is 36.4 Å². The minimum Gasteiger partial charge on any atom is -0.341 e. The van der Waals surface area contributed by atoms with Gasteiger partial charge in [-0.1, -0.05) is 54.1 Å². The average molecular weight is 588 g/mol. The number of hydrogen-bond acceptors (Lipinski definition) is 5. The van der Waals surface area contributed by atoms with E-state index >= 15 is 0 Å². The van der Waals surface area contributed by atoms with E-state index in [4.69, 9.17) is 0 Å². The Labute approximate surface area is 249 Å². The van der Waals surface area contributed by atoms with Gasteiger partial charge in [-0.2, -0.15) is 0 Å². The van der Waals surface area contributed by atoms with Gasteiger partial charge in [0.05, 0.1) is 4.90 Å². The van der Waals surface area contributed by atoms with Crippen molar-refractivity contribution in [3.63, 3.8) is 0 Å². The SMILES string of the molecule is Cc1ccc([C@@H]2C[C@H]2NCCC[C@H](NC(=O)c2ccc(-c3ccc(S(C)(=O)=O)cc3)cc2)C(=O)N2CCCCC2)cc1. The van der Waals surface area contributed by atoms with E-state index in [2.05, 4.69) is 41.8 Å². The van der Waals surface area contributed by atoms with Crippen LogP contribution in [0, 0.1) is 6.92 Å². The number of aryl methyl sites for hydroxylation is 1. The van der Waals surface area contributed by atoms with Crippen LogP contribution in [0.2, 0.25) is 0 Å². The van der Waals surface area contributed by atoms with E-state index in [0.29, 0.717) is 23.9 Å². The summed E-state index contributed by atoms with van der Waals surface area (Å²) in [5, 5.41) is 6.67. The van der Waals surface area contributed by atoms with E-state index < -0.39 is 15.9 Å². The molecule has 2 aliphatic rings. The smallest absolute Gasteiger partial charge is 0.251 e. The van der Waals surface area contributed by atoms with Crippen LogP contribution < -0.4 is 10.6 Å². The molecule has 7 nitrogen and oxygen atoms in total. The zero-order chi connectivity index (χ0) is 29.7. The Hall–Kier alpha value is -3.49. The van der Waals surface area contributed by atoms with E-state index in [1.165, 1.54) is 17.4 Å². The molecule has 0 radical (unpaired) electrons. The molecule has 1 heterocycles. The molecule has 3 aromatic rings. The molecule has 5 rings (SSSR count). The van der Waals surface area contributed by atoms with Gasteiger partial charge in [-0.05, 0) is 92.9 Å². The Morgan fingerprint density at radius 3 is 2.12 bits per heavy atom. The van der Waals surface area contributed by atoms with Gasteiger partial charge in [0.1, 0.15) is 6.04 Å². The predicted molar refractivity (Wildman–Crippen MR) is 166 cm³/mol. The molecule has 0 spiro atoms. The summed E-state index contributed by atoms with van der Waals surface area (Å²) in [6.45, 7) is 4.40. The van der Waals surface area contributed by atoms with Gasteiger partial charge in [-0.3, -0.25) is 9.59 Å². The largest absolute Gasteiger partial charge is 0.341 e. The second-order valence-corrected chi connectivity index (χ2v) is 13.8. The first-order valence-corrected chi connectivity index (χ1v) is 16.9. The van der Waals surface area contributed by atoms with Crippen molar-refractivity contribution in [1.29, 1.82) is 0 Å². The molecule has 0 aromatic heterocycles. The Balaban J connectivity index is 1.18. The number of amides is 2. The second-order valence-electron chi connectivity index (χ2n) is 11.7. The number of carbonyl (C=O) groups excluding carboxylic acids is 2. The third kappa shape index (κ3) is 7.66. The van der Waals surface area contributed by atoms with Crippen LogP contribution >= 0.6 is 0 Å².